The van der Waals surface area contributed by atoms with E-state index in [0.717, 1.165) is 41.1 Å². The largest absolute Gasteiger partial charge is 0.496 e. The van der Waals surface area contributed by atoms with Crippen molar-refractivity contribution in [2.45, 2.75) is 0 Å². The molecule has 2 aromatic rings. The van der Waals surface area contributed by atoms with Gasteiger partial charge in [0.1, 0.15) is 5.75 Å². The van der Waals surface area contributed by atoms with E-state index >= 15 is 0 Å². The van der Waals surface area contributed by atoms with Crippen molar-refractivity contribution in [3.05, 3.63) is 50.6 Å². The van der Waals surface area contributed by atoms with Crippen molar-refractivity contribution >= 4 is 51.5 Å². The topological polar surface area (TPSA) is 44.8 Å². The van der Waals surface area contributed by atoms with Crippen molar-refractivity contribution in [3.63, 3.8) is 0 Å². The van der Waals surface area contributed by atoms with Gasteiger partial charge in [-0.3, -0.25) is 4.79 Å². The lowest BCUT2D eigenvalue weighted by atomic mass is 10.1. The van der Waals surface area contributed by atoms with Gasteiger partial charge >= 0.3 is 0 Å². The molecule has 0 unspecified atom stereocenters. The Labute approximate surface area is 172 Å². The van der Waals surface area contributed by atoms with Crippen LogP contribution in [-0.4, -0.2) is 51.1 Å². The molecule has 5 nitrogen and oxygen atoms in total. The number of para-hydroxylation sites is 2. The molecule has 2 aromatic carbocycles. The van der Waals surface area contributed by atoms with Crippen LogP contribution < -0.4 is 15.0 Å². The summed E-state index contributed by atoms with van der Waals surface area (Å²) in [5.74, 6) is 0.273. The normalized spacial score (nSPS) is 15.0. The third-order valence-electron chi connectivity index (χ3n) is 4.48. The first kappa shape index (κ1) is 19.3. The first-order valence-corrected chi connectivity index (χ1v) is 9.82. The quantitative estimate of drug-likeness (QED) is 0.666. The minimum absolute atomic E-state index is 0.235. The molecule has 0 aromatic heterocycles. The maximum Gasteiger partial charge on any atom is 0.259 e. The van der Waals surface area contributed by atoms with Crippen LogP contribution in [0.1, 0.15) is 10.4 Å². The molecule has 26 heavy (non-hydrogen) atoms. The second-order valence-electron chi connectivity index (χ2n) is 6.23. The van der Waals surface area contributed by atoms with Crippen LogP contribution in [0, 0.1) is 3.57 Å². The number of rotatable bonds is 4. The van der Waals surface area contributed by atoms with Crippen molar-refractivity contribution in [1.82, 2.24) is 4.90 Å². The van der Waals surface area contributed by atoms with Crippen molar-refractivity contribution in [2.75, 3.05) is 50.6 Å². The van der Waals surface area contributed by atoms with E-state index in [1.165, 1.54) is 0 Å². The first-order valence-electron chi connectivity index (χ1n) is 8.36. The zero-order chi connectivity index (χ0) is 18.7. The molecule has 0 bridgehead atoms. The van der Waals surface area contributed by atoms with E-state index in [1.807, 2.05) is 24.3 Å². The number of carbonyl (C=O) groups is 1. The average Bonchev–Trinajstić information content (AvgIpc) is 2.64. The highest BCUT2D eigenvalue weighted by molar-refractivity contribution is 14.1. The van der Waals surface area contributed by atoms with Gasteiger partial charge in [-0.15, -0.1) is 0 Å². The fraction of sp³-hybridized carbons (Fsp3) is 0.316. The zero-order valence-electron chi connectivity index (χ0n) is 14.8. The van der Waals surface area contributed by atoms with Gasteiger partial charge in [0.2, 0.25) is 0 Å². The van der Waals surface area contributed by atoms with Gasteiger partial charge in [0, 0.05) is 29.7 Å². The lowest BCUT2D eigenvalue weighted by Gasteiger charge is -2.35. The van der Waals surface area contributed by atoms with Crippen LogP contribution in [0.5, 0.6) is 5.75 Å². The standard InChI is InChI=1S/C19H21ClIN3O2/c1-23-7-9-24(10-8-23)17-6-4-3-5-16(17)22-19(25)13-11-14(20)15(21)12-18(13)26-2/h3-6,11-12H,7-10H2,1-2H3,(H,22,25). The molecule has 1 aliphatic heterocycles. The van der Waals surface area contributed by atoms with Gasteiger partial charge in [-0.2, -0.15) is 0 Å². The molecule has 1 amide bonds. The summed E-state index contributed by atoms with van der Waals surface area (Å²) < 4.78 is 6.20. The molecule has 138 valence electrons. The summed E-state index contributed by atoms with van der Waals surface area (Å²) in [7, 11) is 3.67. The molecule has 7 heteroatoms. The van der Waals surface area contributed by atoms with Gasteiger partial charge in [-0.1, -0.05) is 23.7 Å². The Kier molecular flexibility index (Phi) is 6.26. The number of halogens is 2. The number of benzene rings is 2. The maximum absolute atomic E-state index is 12.9. The molecule has 0 atom stereocenters. The summed E-state index contributed by atoms with van der Waals surface area (Å²) in [6, 6.07) is 11.3. The van der Waals surface area contributed by atoms with Crippen LogP contribution in [0.25, 0.3) is 0 Å². The minimum atomic E-state index is -0.235. The lowest BCUT2D eigenvalue weighted by molar-refractivity contribution is 0.102. The van der Waals surface area contributed by atoms with E-state index < -0.39 is 0 Å². The zero-order valence-corrected chi connectivity index (χ0v) is 17.7. The van der Waals surface area contributed by atoms with Gasteiger partial charge in [-0.05, 0) is 53.9 Å². The molecule has 3 rings (SSSR count). The van der Waals surface area contributed by atoms with Gasteiger partial charge in [0.15, 0.2) is 0 Å². The number of ether oxygens (including phenoxy) is 1. The number of nitrogens with zero attached hydrogens (tertiary/aromatic N) is 2. The molecular weight excluding hydrogens is 465 g/mol. The smallest absolute Gasteiger partial charge is 0.259 e. The number of methoxy groups -OCH3 is 1. The summed E-state index contributed by atoms with van der Waals surface area (Å²) in [4.78, 5) is 17.5. The fourth-order valence-corrected chi connectivity index (χ4v) is 3.57. The Bertz CT molecular complexity index is 807. The van der Waals surface area contributed by atoms with Crippen LogP contribution in [0.4, 0.5) is 11.4 Å². The molecular formula is C19H21ClIN3O2. The number of piperazine rings is 1. The second kappa shape index (κ2) is 8.45. The lowest BCUT2D eigenvalue weighted by Crippen LogP contribution is -2.44. The molecule has 1 aliphatic rings. The Hall–Kier alpha value is -1.51. The monoisotopic (exact) mass is 485 g/mol. The molecule has 0 aliphatic carbocycles. The average molecular weight is 486 g/mol. The minimum Gasteiger partial charge on any atom is -0.496 e. The van der Waals surface area contributed by atoms with E-state index in [9.17, 15) is 4.79 Å². The first-order chi connectivity index (χ1) is 12.5. The maximum atomic E-state index is 12.9. The summed E-state index contributed by atoms with van der Waals surface area (Å²) >= 11 is 8.32. The predicted octanol–water partition coefficient (Wildman–Crippen LogP) is 3.96. The summed E-state index contributed by atoms with van der Waals surface area (Å²) in [6.07, 6.45) is 0. The Morgan fingerprint density at radius 3 is 2.58 bits per heavy atom. The second-order valence-corrected chi connectivity index (χ2v) is 7.80. The Morgan fingerprint density at radius 2 is 1.88 bits per heavy atom. The highest BCUT2D eigenvalue weighted by Crippen LogP contribution is 2.31. The van der Waals surface area contributed by atoms with Gasteiger partial charge in [0.05, 0.1) is 29.1 Å². The molecule has 1 saturated heterocycles. The van der Waals surface area contributed by atoms with E-state index in [-0.39, 0.29) is 5.91 Å². The Morgan fingerprint density at radius 1 is 1.19 bits per heavy atom. The number of hydrogen-bond donors (Lipinski definition) is 1. The highest BCUT2D eigenvalue weighted by Gasteiger charge is 2.20. The summed E-state index contributed by atoms with van der Waals surface area (Å²) in [6.45, 7) is 3.87. The Balaban J connectivity index is 1.86. The number of anilines is 2. The molecule has 1 N–H and O–H groups in total. The molecule has 0 saturated carbocycles. The van der Waals surface area contributed by atoms with Gasteiger partial charge < -0.3 is 19.9 Å². The van der Waals surface area contributed by atoms with E-state index in [2.05, 4.69) is 44.8 Å². The molecule has 1 fully saturated rings. The van der Waals surface area contributed by atoms with Crippen LogP contribution in [0.2, 0.25) is 5.02 Å². The molecule has 0 spiro atoms. The molecule has 1 heterocycles. The summed E-state index contributed by atoms with van der Waals surface area (Å²) in [5, 5.41) is 3.55. The van der Waals surface area contributed by atoms with Crippen LogP contribution in [0.15, 0.2) is 36.4 Å². The van der Waals surface area contributed by atoms with Gasteiger partial charge in [0.25, 0.3) is 5.91 Å². The van der Waals surface area contributed by atoms with Crippen LogP contribution in [-0.2, 0) is 0 Å². The summed E-state index contributed by atoms with van der Waals surface area (Å²) in [5.41, 5.74) is 2.24. The van der Waals surface area contributed by atoms with Crippen molar-refractivity contribution in [3.8, 4) is 5.75 Å². The van der Waals surface area contributed by atoms with Gasteiger partial charge in [-0.25, -0.2) is 0 Å². The predicted molar refractivity (Wildman–Crippen MR) is 115 cm³/mol. The third-order valence-corrected chi connectivity index (χ3v) is 6.01. The number of likely N-dealkylation sites (N-methyl/N-ethyl adjacent to an activating group) is 1. The van der Waals surface area contributed by atoms with Crippen LogP contribution >= 0.6 is 34.2 Å². The third kappa shape index (κ3) is 4.24. The number of amides is 1. The fourth-order valence-electron chi connectivity index (χ4n) is 2.97. The van der Waals surface area contributed by atoms with E-state index in [0.29, 0.717) is 16.3 Å². The number of hydrogen-bond acceptors (Lipinski definition) is 4. The van der Waals surface area contributed by atoms with Crippen molar-refractivity contribution in [1.29, 1.82) is 0 Å². The van der Waals surface area contributed by atoms with Crippen LogP contribution in [0.3, 0.4) is 0 Å². The molecule has 0 radical (unpaired) electrons. The SMILES string of the molecule is COc1cc(I)c(Cl)cc1C(=O)Nc1ccccc1N1CCN(C)CC1. The number of carbonyl (C=O) groups excluding carboxylic acids is 1. The van der Waals surface area contributed by atoms with E-state index in [1.54, 1.807) is 19.2 Å². The highest BCUT2D eigenvalue weighted by atomic mass is 127. The van der Waals surface area contributed by atoms with E-state index in [4.69, 9.17) is 16.3 Å². The van der Waals surface area contributed by atoms with Crippen molar-refractivity contribution < 1.29 is 9.53 Å². The van der Waals surface area contributed by atoms with Crippen molar-refractivity contribution in [2.24, 2.45) is 0 Å². The number of nitrogens with one attached hydrogen (secondary N) is 1.